The lowest BCUT2D eigenvalue weighted by Gasteiger charge is -2.11. The number of rotatable bonds is 0. The Morgan fingerprint density at radius 1 is 1.88 bits per heavy atom. The molecule has 0 spiro atoms. The molecule has 8 heavy (non-hydrogen) atoms. The van der Waals surface area contributed by atoms with Gasteiger partial charge in [-0.2, -0.15) is 5.10 Å². The lowest BCUT2D eigenvalue weighted by Crippen LogP contribution is -2.43. The molecule has 1 aliphatic heterocycles. The minimum absolute atomic E-state index is 0.130. The first kappa shape index (κ1) is 5.37. The average molecular weight is 114 g/mol. The number of hydrazone groups is 1. The molecule has 0 aromatic rings. The Bertz CT molecular complexity index is 119. The number of nitrogens with two attached hydrogens (primary N) is 1. The summed E-state index contributed by atoms with van der Waals surface area (Å²) in [7, 11) is 1.83. The fourth-order valence-corrected chi connectivity index (χ4v) is 0.635. The predicted molar refractivity (Wildman–Crippen MR) is 32.0 cm³/mol. The van der Waals surface area contributed by atoms with Crippen molar-refractivity contribution in [2.45, 2.75) is 13.2 Å². The summed E-state index contributed by atoms with van der Waals surface area (Å²) in [5, 5.41) is 8.58. The van der Waals surface area contributed by atoms with Crippen molar-refractivity contribution in [3.05, 3.63) is 0 Å². The second-order valence-electron chi connectivity index (χ2n) is 1.85. The molecule has 1 heterocycles. The van der Waals surface area contributed by atoms with E-state index >= 15 is 0 Å². The summed E-state index contributed by atoms with van der Waals surface area (Å²) in [6.45, 7) is 1.88. The van der Waals surface area contributed by atoms with Gasteiger partial charge in [0, 0.05) is 7.05 Å². The average Bonchev–Trinajstić information content (AvgIpc) is 1.85. The predicted octanol–water partition coefficient (Wildman–Crippen LogP) is -0.903. The topological polar surface area (TPSA) is 53.6 Å². The maximum Gasteiger partial charge on any atom is 0.169 e. The molecule has 0 saturated carbocycles. The molecule has 0 radical (unpaired) electrons. The van der Waals surface area contributed by atoms with Crippen LogP contribution in [0.5, 0.6) is 0 Å². The van der Waals surface area contributed by atoms with Crippen molar-refractivity contribution in [1.29, 1.82) is 0 Å². The molecule has 1 aliphatic rings. The zero-order chi connectivity index (χ0) is 6.15. The van der Waals surface area contributed by atoms with Gasteiger partial charge in [0.05, 0.1) is 0 Å². The van der Waals surface area contributed by atoms with E-state index in [0.29, 0.717) is 0 Å². The molecule has 0 fully saturated rings. The van der Waals surface area contributed by atoms with E-state index in [1.54, 1.807) is 5.01 Å². The number of nitrogens with one attached hydrogen (secondary N) is 1. The van der Waals surface area contributed by atoms with Crippen molar-refractivity contribution in [3.63, 3.8) is 0 Å². The van der Waals surface area contributed by atoms with E-state index < -0.39 is 0 Å². The normalized spacial score (nSPS) is 27.6. The minimum Gasteiger partial charge on any atom is -0.339 e. The molecule has 1 unspecified atom stereocenters. The molecule has 1 rings (SSSR count). The van der Waals surface area contributed by atoms with Crippen LogP contribution in [0.3, 0.4) is 0 Å². The van der Waals surface area contributed by atoms with E-state index in [0.717, 1.165) is 5.84 Å². The second-order valence-corrected chi connectivity index (χ2v) is 1.85. The van der Waals surface area contributed by atoms with Gasteiger partial charge in [-0.15, -0.1) is 0 Å². The summed E-state index contributed by atoms with van der Waals surface area (Å²) in [6.07, 6.45) is -0.130. The van der Waals surface area contributed by atoms with Crippen LogP contribution in [0.2, 0.25) is 0 Å². The van der Waals surface area contributed by atoms with E-state index in [-0.39, 0.29) is 6.29 Å². The Balaban J connectivity index is 2.56. The first-order valence-electron chi connectivity index (χ1n) is 2.50. The first-order chi connectivity index (χ1) is 3.70. The summed E-state index contributed by atoms with van der Waals surface area (Å²) >= 11 is 0. The van der Waals surface area contributed by atoms with Gasteiger partial charge >= 0.3 is 0 Å². The molecule has 0 aromatic carbocycles. The van der Waals surface area contributed by atoms with Gasteiger partial charge in [0.2, 0.25) is 0 Å². The van der Waals surface area contributed by atoms with Crippen LogP contribution < -0.4 is 11.1 Å². The third-order valence-corrected chi connectivity index (χ3v) is 1.07. The van der Waals surface area contributed by atoms with E-state index in [2.05, 4.69) is 10.4 Å². The summed E-state index contributed by atoms with van der Waals surface area (Å²) in [5.74, 6) is 0.875. The van der Waals surface area contributed by atoms with E-state index in [1.165, 1.54) is 0 Å². The summed E-state index contributed by atoms with van der Waals surface area (Å²) in [4.78, 5) is 0. The zero-order valence-electron chi connectivity index (χ0n) is 5.05. The van der Waals surface area contributed by atoms with Crippen molar-refractivity contribution < 1.29 is 0 Å². The fourth-order valence-electron chi connectivity index (χ4n) is 0.635. The monoisotopic (exact) mass is 114 g/mol. The van der Waals surface area contributed by atoms with Gasteiger partial charge in [-0.1, -0.05) is 0 Å². The Labute approximate surface area is 48.3 Å². The number of hydrogen-bond donors (Lipinski definition) is 2. The Hall–Kier alpha value is -0.770. The van der Waals surface area contributed by atoms with Crippen LogP contribution >= 0.6 is 0 Å². The van der Waals surface area contributed by atoms with Crippen molar-refractivity contribution in [2.75, 3.05) is 7.05 Å². The van der Waals surface area contributed by atoms with Gasteiger partial charge in [0.15, 0.2) is 6.29 Å². The molecule has 4 heteroatoms. The van der Waals surface area contributed by atoms with Crippen LogP contribution in [-0.4, -0.2) is 24.2 Å². The number of nitrogens with zero attached hydrogens (tertiary/aromatic N) is 2. The SMILES string of the molecule is CC1=NN(C)C(N)N1. The van der Waals surface area contributed by atoms with E-state index in [1.807, 2.05) is 14.0 Å². The van der Waals surface area contributed by atoms with Gasteiger partial charge in [0.25, 0.3) is 0 Å². The zero-order valence-corrected chi connectivity index (χ0v) is 5.05. The van der Waals surface area contributed by atoms with Gasteiger partial charge in [-0.25, -0.2) is 0 Å². The van der Waals surface area contributed by atoms with E-state index in [9.17, 15) is 0 Å². The molecule has 0 aliphatic carbocycles. The highest BCUT2D eigenvalue weighted by Gasteiger charge is 2.13. The van der Waals surface area contributed by atoms with Crippen LogP contribution in [0.1, 0.15) is 6.92 Å². The van der Waals surface area contributed by atoms with Gasteiger partial charge in [-0.3, -0.25) is 10.7 Å². The van der Waals surface area contributed by atoms with Crippen LogP contribution in [0.15, 0.2) is 5.10 Å². The van der Waals surface area contributed by atoms with Crippen molar-refractivity contribution in [3.8, 4) is 0 Å². The molecule has 0 saturated heterocycles. The van der Waals surface area contributed by atoms with E-state index in [4.69, 9.17) is 5.73 Å². The molecule has 4 nitrogen and oxygen atoms in total. The Morgan fingerprint density at radius 3 is 2.62 bits per heavy atom. The molecular weight excluding hydrogens is 104 g/mol. The van der Waals surface area contributed by atoms with Crippen LogP contribution in [0.4, 0.5) is 0 Å². The van der Waals surface area contributed by atoms with Crippen LogP contribution in [0.25, 0.3) is 0 Å². The van der Waals surface area contributed by atoms with Crippen LogP contribution in [-0.2, 0) is 0 Å². The quantitative estimate of drug-likeness (QED) is 0.429. The summed E-state index contributed by atoms with van der Waals surface area (Å²) in [5.41, 5.74) is 5.47. The molecule has 0 amide bonds. The summed E-state index contributed by atoms with van der Waals surface area (Å²) < 4.78 is 0. The molecule has 3 N–H and O–H groups in total. The molecular formula is C4H10N4. The van der Waals surface area contributed by atoms with Crippen LogP contribution in [0, 0.1) is 0 Å². The van der Waals surface area contributed by atoms with Gasteiger partial charge in [-0.05, 0) is 6.92 Å². The third kappa shape index (κ3) is 0.742. The van der Waals surface area contributed by atoms with Crippen molar-refractivity contribution in [1.82, 2.24) is 10.3 Å². The highest BCUT2D eigenvalue weighted by atomic mass is 15.6. The largest absolute Gasteiger partial charge is 0.339 e. The Morgan fingerprint density at radius 2 is 2.50 bits per heavy atom. The molecule has 46 valence electrons. The lowest BCUT2D eigenvalue weighted by atomic mass is 10.7. The standard InChI is InChI=1S/C4H10N4/c1-3-6-4(5)8(2)7-3/h4H,5H2,1-2H3,(H,6,7). The van der Waals surface area contributed by atoms with Crippen molar-refractivity contribution >= 4 is 5.84 Å². The number of amidine groups is 1. The highest BCUT2D eigenvalue weighted by molar-refractivity contribution is 5.80. The maximum atomic E-state index is 5.47. The lowest BCUT2D eigenvalue weighted by molar-refractivity contribution is 0.273. The van der Waals surface area contributed by atoms with Crippen molar-refractivity contribution in [2.24, 2.45) is 10.8 Å². The van der Waals surface area contributed by atoms with Gasteiger partial charge in [0.1, 0.15) is 5.84 Å². The fraction of sp³-hybridized carbons (Fsp3) is 0.750. The van der Waals surface area contributed by atoms with Gasteiger partial charge < -0.3 is 5.32 Å². The third-order valence-electron chi connectivity index (χ3n) is 1.07. The molecule has 0 aromatic heterocycles. The smallest absolute Gasteiger partial charge is 0.169 e. The second kappa shape index (κ2) is 1.63. The minimum atomic E-state index is -0.130. The number of hydrogen-bond acceptors (Lipinski definition) is 4. The first-order valence-corrected chi connectivity index (χ1v) is 2.50. The molecule has 0 bridgehead atoms. The summed E-state index contributed by atoms with van der Waals surface area (Å²) in [6, 6.07) is 0. The maximum absolute atomic E-state index is 5.47. The Kier molecular flexibility index (Phi) is 1.09. The highest BCUT2D eigenvalue weighted by Crippen LogP contribution is 1.94. The molecule has 1 atom stereocenters.